The maximum Gasteiger partial charge on any atom is 0.0702 e. The van der Waals surface area contributed by atoms with Crippen LogP contribution in [-0.2, 0) is 0 Å². The lowest BCUT2D eigenvalue weighted by Gasteiger charge is -2.10. The molecule has 146 valence electrons. The van der Waals surface area contributed by atoms with Crippen molar-refractivity contribution in [2.75, 3.05) is 0 Å². The maximum absolute atomic E-state index is 4.49. The molecule has 0 saturated heterocycles. The molecule has 0 bridgehead atoms. The summed E-state index contributed by atoms with van der Waals surface area (Å²) in [5, 5.41) is 2.57. The first kappa shape index (κ1) is 17.7. The van der Waals surface area contributed by atoms with Gasteiger partial charge in [-0.2, -0.15) is 0 Å². The van der Waals surface area contributed by atoms with E-state index >= 15 is 0 Å². The fourth-order valence-electron chi connectivity index (χ4n) is 4.40. The maximum atomic E-state index is 4.49. The summed E-state index contributed by atoms with van der Waals surface area (Å²) in [6.45, 7) is 0. The molecule has 4 aromatic carbocycles. The zero-order valence-corrected chi connectivity index (χ0v) is 16.9. The van der Waals surface area contributed by atoms with Crippen LogP contribution in [-0.4, -0.2) is 9.55 Å². The van der Waals surface area contributed by atoms with Crippen molar-refractivity contribution in [1.29, 1.82) is 0 Å². The van der Waals surface area contributed by atoms with E-state index in [1.807, 2.05) is 24.4 Å². The lowest BCUT2D eigenvalue weighted by atomic mass is 10.0. The van der Waals surface area contributed by atoms with Crippen LogP contribution in [0.2, 0.25) is 0 Å². The molecule has 0 spiro atoms. The highest BCUT2D eigenvalue weighted by Crippen LogP contribution is 2.33. The van der Waals surface area contributed by atoms with Crippen molar-refractivity contribution in [3.63, 3.8) is 0 Å². The molecule has 2 heterocycles. The molecule has 0 aliphatic rings. The molecule has 6 rings (SSSR count). The third-order valence-corrected chi connectivity index (χ3v) is 5.86. The molecular formula is C29H20N2. The Kier molecular flexibility index (Phi) is 4.14. The van der Waals surface area contributed by atoms with Crippen LogP contribution in [0.5, 0.6) is 0 Å². The van der Waals surface area contributed by atoms with Gasteiger partial charge in [0.2, 0.25) is 0 Å². The van der Waals surface area contributed by atoms with Crippen molar-refractivity contribution in [3.05, 3.63) is 121 Å². The SMILES string of the molecule is c1ccc(-c2cccc(-c3ccc(-n4c5ccccc5c5ccccc54)cc3)c2)nc1. The molecular weight excluding hydrogens is 376 g/mol. The van der Waals surface area contributed by atoms with Crippen molar-refractivity contribution < 1.29 is 0 Å². The fraction of sp³-hybridized carbons (Fsp3) is 0. The molecule has 0 fully saturated rings. The summed E-state index contributed by atoms with van der Waals surface area (Å²) in [6.07, 6.45) is 1.84. The number of pyridine rings is 1. The van der Waals surface area contributed by atoms with Gasteiger partial charge in [0.05, 0.1) is 16.7 Å². The molecule has 2 heteroatoms. The molecule has 0 unspecified atom stereocenters. The van der Waals surface area contributed by atoms with Crippen LogP contribution in [0.4, 0.5) is 0 Å². The minimum absolute atomic E-state index is 0.992. The van der Waals surface area contributed by atoms with Gasteiger partial charge in [-0.1, -0.05) is 72.8 Å². The average Bonchev–Trinajstić information content (AvgIpc) is 3.19. The summed E-state index contributed by atoms with van der Waals surface area (Å²) in [5.41, 5.74) is 8.14. The summed E-state index contributed by atoms with van der Waals surface area (Å²) < 4.78 is 2.35. The Balaban J connectivity index is 1.45. The van der Waals surface area contributed by atoms with Crippen molar-refractivity contribution in [3.8, 4) is 28.1 Å². The third kappa shape index (κ3) is 3.01. The number of hydrogen-bond donors (Lipinski definition) is 0. The second-order valence-corrected chi connectivity index (χ2v) is 7.71. The first-order valence-corrected chi connectivity index (χ1v) is 10.5. The Morgan fingerprint density at radius 3 is 1.81 bits per heavy atom. The van der Waals surface area contributed by atoms with Crippen molar-refractivity contribution >= 4 is 21.8 Å². The number of fused-ring (bicyclic) bond motifs is 3. The van der Waals surface area contributed by atoms with Gasteiger partial charge in [0, 0.05) is 28.2 Å². The molecule has 31 heavy (non-hydrogen) atoms. The summed E-state index contributed by atoms with van der Waals surface area (Å²) >= 11 is 0. The van der Waals surface area contributed by atoms with Crippen molar-refractivity contribution in [1.82, 2.24) is 9.55 Å². The van der Waals surface area contributed by atoms with Crippen LogP contribution >= 0.6 is 0 Å². The van der Waals surface area contributed by atoms with Gasteiger partial charge in [0.25, 0.3) is 0 Å². The van der Waals surface area contributed by atoms with Crippen LogP contribution in [0.1, 0.15) is 0 Å². The summed E-state index contributed by atoms with van der Waals surface area (Å²) in [5.74, 6) is 0. The average molecular weight is 396 g/mol. The van der Waals surface area contributed by atoms with Gasteiger partial charge in [-0.15, -0.1) is 0 Å². The number of benzene rings is 4. The molecule has 0 radical (unpaired) electrons. The number of nitrogens with zero attached hydrogens (tertiary/aromatic N) is 2. The zero-order chi connectivity index (χ0) is 20.6. The molecule has 2 aromatic heterocycles. The van der Waals surface area contributed by atoms with E-state index in [0.717, 1.165) is 11.3 Å². The molecule has 6 aromatic rings. The zero-order valence-electron chi connectivity index (χ0n) is 16.9. The first-order chi connectivity index (χ1) is 15.4. The minimum atomic E-state index is 0.992. The Hall–Kier alpha value is -4.17. The Bertz CT molecular complexity index is 1460. The molecule has 0 N–H and O–H groups in total. The van der Waals surface area contributed by atoms with E-state index in [9.17, 15) is 0 Å². The van der Waals surface area contributed by atoms with Gasteiger partial charge in [-0.05, 0) is 53.6 Å². The topological polar surface area (TPSA) is 17.8 Å². The largest absolute Gasteiger partial charge is 0.309 e. The monoisotopic (exact) mass is 396 g/mol. The highest BCUT2D eigenvalue weighted by Gasteiger charge is 2.11. The standard InChI is InChI=1S/C29H20N2/c1-3-13-28-25(10-1)26-11-2-4-14-29(26)31(28)24-17-15-21(16-18-24)22-8-7-9-23(20-22)27-12-5-6-19-30-27/h1-20H. The van der Waals surface area contributed by atoms with E-state index in [4.69, 9.17) is 0 Å². The summed E-state index contributed by atoms with van der Waals surface area (Å²) in [6, 6.07) is 40.6. The lowest BCUT2D eigenvalue weighted by molar-refractivity contribution is 1.18. The first-order valence-electron chi connectivity index (χ1n) is 10.5. The Morgan fingerprint density at radius 2 is 1.13 bits per heavy atom. The van der Waals surface area contributed by atoms with Crippen LogP contribution in [0.3, 0.4) is 0 Å². The molecule has 2 nitrogen and oxygen atoms in total. The predicted molar refractivity (Wildman–Crippen MR) is 129 cm³/mol. The highest BCUT2D eigenvalue weighted by atomic mass is 15.0. The van der Waals surface area contributed by atoms with Gasteiger partial charge in [0.1, 0.15) is 0 Å². The quantitative estimate of drug-likeness (QED) is 0.303. The van der Waals surface area contributed by atoms with Crippen LogP contribution < -0.4 is 0 Å². The second-order valence-electron chi connectivity index (χ2n) is 7.71. The van der Waals surface area contributed by atoms with Gasteiger partial charge < -0.3 is 4.57 Å². The van der Waals surface area contributed by atoms with E-state index in [1.165, 1.54) is 38.6 Å². The number of hydrogen-bond acceptors (Lipinski definition) is 1. The van der Waals surface area contributed by atoms with E-state index < -0.39 is 0 Å². The number of aromatic nitrogens is 2. The Labute approximate surface area is 181 Å². The minimum Gasteiger partial charge on any atom is -0.309 e. The normalized spacial score (nSPS) is 11.2. The number of rotatable bonds is 3. The summed E-state index contributed by atoms with van der Waals surface area (Å²) in [4.78, 5) is 4.49. The smallest absolute Gasteiger partial charge is 0.0702 e. The van der Waals surface area contributed by atoms with Gasteiger partial charge in [-0.3, -0.25) is 4.98 Å². The van der Waals surface area contributed by atoms with Crippen LogP contribution in [0, 0.1) is 0 Å². The van der Waals surface area contributed by atoms with Gasteiger partial charge in [-0.25, -0.2) is 0 Å². The molecule has 0 saturated carbocycles. The molecule has 0 atom stereocenters. The molecule has 0 aliphatic carbocycles. The van der Waals surface area contributed by atoms with Crippen LogP contribution in [0.15, 0.2) is 121 Å². The summed E-state index contributed by atoms with van der Waals surface area (Å²) in [7, 11) is 0. The van der Waals surface area contributed by atoms with Gasteiger partial charge >= 0.3 is 0 Å². The molecule has 0 amide bonds. The van der Waals surface area contributed by atoms with Crippen molar-refractivity contribution in [2.45, 2.75) is 0 Å². The lowest BCUT2D eigenvalue weighted by Crippen LogP contribution is -1.93. The van der Waals surface area contributed by atoms with Crippen LogP contribution in [0.25, 0.3) is 49.9 Å². The van der Waals surface area contributed by atoms with Crippen molar-refractivity contribution in [2.24, 2.45) is 0 Å². The predicted octanol–water partition coefficient (Wildman–Crippen LogP) is 7.51. The van der Waals surface area contributed by atoms with E-state index in [0.29, 0.717) is 0 Å². The van der Waals surface area contributed by atoms with Gasteiger partial charge in [0.15, 0.2) is 0 Å². The second kappa shape index (κ2) is 7.26. The Morgan fingerprint density at radius 1 is 0.484 bits per heavy atom. The third-order valence-electron chi connectivity index (χ3n) is 5.86. The van der Waals surface area contributed by atoms with E-state index in [1.54, 1.807) is 0 Å². The fourth-order valence-corrected chi connectivity index (χ4v) is 4.40. The number of para-hydroxylation sites is 2. The molecule has 0 aliphatic heterocycles. The van der Waals surface area contributed by atoms with E-state index in [-0.39, 0.29) is 0 Å². The highest BCUT2D eigenvalue weighted by molar-refractivity contribution is 6.09. The van der Waals surface area contributed by atoms with E-state index in [2.05, 4.69) is 107 Å².